The van der Waals surface area contributed by atoms with Crippen molar-refractivity contribution in [3.63, 3.8) is 0 Å². The molecule has 1 aliphatic rings. The first-order valence-electron chi connectivity index (χ1n) is 15.6. The molecule has 2 heteroatoms. The summed E-state index contributed by atoms with van der Waals surface area (Å²) in [5, 5.41) is 10.00. The monoisotopic (exact) mass is 580 g/mol. The van der Waals surface area contributed by atoms with Crippen molar-refractivity contribution < 1.29 is 9.90 Å². The summed E-state index contributed by atoms with van der Waals surface area (Å²) in [7, 11) is 0. The van der Waals surface area contributed by atoms with Crippen LogP contribution in [-0.2, 0) is 4.79 Å². The summed E-state index contributed by atoms with van der Waals surface area (Å²) < 4.78 is 0. The summed E-state index contributed by atoms with van der Waals surface area (Å²) in [4.78, 5) is 12.0. The van der Waals surface area contributed by atoms with Gasteiger partial charge in [-0.15, -0.1) is 0 Å². The fourth-order valence-electron chi connectivity index (χ4n) is 4.53. The van der Waals surface area contributed by atoms with Crippen LogP contribution in [0, 0.1) is 5.41 Å². The molecular formula is C41H56O2. The maximum absolute atomic E-state index is 12.0. The first-order valence-corrected chi connectivity index (χ1v) is 15.6. The lowest BCUT2D eigenvalue weighted by molar-refractivity contribution is -0.130. The predicted molar refractivity (Wildman–Crippen MR) is 190 cm³/mol. The van der Waals surface area contributed by atoms with Gasteiger partial charge in [0.25, 0.3) is 0 Å². The van der Waals surface area contributed by atoms with E-state index in [1.54, 1.807) is 19.9 Å². The maximum Gasteiger partial charge on any atom is 0.186 e. The predicted octanol–water partition coefficient (Wildman–Crippen LogP) is 11.3. The maximum atomic E-state index is 12.0. The van der Waals surface area contributed by atoms with Gasteiger partial charge in [0.15, 0.2) is 5.78 Å². The minimum absolute atomic E-state index is 0.274. The zero-order valence-corrected chi connectivity index (χ0v) is 28.5. The number of allylic oxidation sites excluding steroid dienone is 23. The van der Waals surface area contributed by atoms with Crippen molar-refractivity contribution in [2.75, 3.05) is 0 Å². The molecular weight excluding hydrogens is 524 g/mol. The second-order valence-electron chi connectivity index (χ2n) is 12.6. The quantitative estimate of drug-likeness (QED) is 0.164. The number of carbonyl (C=O) groups excluding carboxylic acids is 1. The lowest BCUT2D eigenvalue weighted by Gasteiger charge is -2.32. The highest BCUT2D eigenvalue weighted by molar-refractivity contribution is 5.96. The first-order chi connectivity index (χ1) is 20.2. The summed E-state index contributed by atoms with van der Waals surface area (Å²) in [5.74, 6) is -0.275. The third kappa shape index (κ3) is 15.5. The number of carbonyl (C=O) groups is 1. The molecule has 0 saturated heterocycles. The average molecular weight is 581 g/mol. The standard InChI is InChI=1S/C41H56O2/c1-11-41(10,43)39(42)30-28-36(6)25-16-23-34(4)22-14-20-32(2)18-12-13-19-33(3)21-15-24-35(5)27-29-38-37(7)26-17-31-40(38,8)9/h12-16,18-25,27-30,43H,11,17,26,31H2,1-10H3/t41-/m1/s1. The summed E-state index contributed by atoms with van der Waals surface area (Å²) in [6.45, 7) is 20.7. The van der Waals surface area contributed by atoms with Gasteiger partial charge in [0.1, 0.15) is 5.60 Å². The second-order valence-corrected chi connectivity index (χ2v) is 12.6. The van der Waals surface area contributed by atoms with Gasteiger partial charge in [-0.3, -0.25) is 4.79 Å². The Morgan fingerprint density at radius 1 is 0.721 bits per heavy atom. The highest BCUT2D eigenvalue weighted by Crippen LogP contribution is 2.40. The van der Waals surface area contributed by atoms with E-state index < -0.39 is 5.60 Å². The summed E-state index contributed by atoms with van der Waals surface area (Å²) in [6, 6.07) is 0. The van der Waals surface area contributed by atoms with Crippen LogP contribution in [0.3, 0.4) is 0 Å². The van der Waals surface area contributed by atoms with Gasteiger partial charge in [0.2, 0.25) is 0 Å². The van der Waals surface area contributed by atoms with E-state index in [9.17, 15) is 9.90 Å². The Morgan fingerprint density at radius 2 is 1.14 bits per heavy atom. The van der Waals surface area contributed by atoms with Gasteiger partial charge in [-0.1, -0.05) is 151 Å². The summed E-state index contributed by atoms with van der Waals surface area (Å²) >= 11 is 0. The van der Waals surface area contributed by atoms with Crippen molar-refractivity contribution in [3.05, 3.63) is 142 Å². The van der Waals surface area contributed by atoms with Crippen LogP contribution in [0.15, 0.2) is 142 Å². The summed E-state index contributed by atoms with van der Waals surface area (Å²) in [5.41, 5.74) is 7.68. The fourth-order valence-corrected chi connectivity index (χ4v) is 4.53. The van der Waals surface area contributed by atoms with Crippen molar-refractivity contribution >= 4 is 5.78 Å². The molecule has 1 rings (SSSR count). The second kappa shape index (κ2) is 18.9. The number of ketones is 1. The Kier molecular flexibility index (Phi) is 16.5. The van der Waals surface area contributed by atoms with E-state index in [0.29, 0.717) is 6.42 Å². The largest absolute Gasteiger partial charge is 0.382 e. The molecule has 0 spiro atoms. The zero-order valence-electron chi connectivity index (χ0n) is 28.5. The van der Waals surface area contributed by atoms with Crippen LogP contribution >= 0.6 is 0 Å². The molecule has 1 atom stereocenters. The van der Waals surface area contributed by atoms with Crippen LogP contribution in [0.1, 0.15) is 94.9 Å². The van der Waals surface area contributed by atoms with Crippen LogP contribution in [0.5, 0.6) is 0 Å². The van der Waals surface area contributed by atoms with E-state index in [-0.39, 0.29) is 11.2 Å². The molecule has 0 aromatic carbocycles. The van der Waals surface area contributed by atoms with E-state index >= 15 is 0 Å². The molecule has 0 fully saturated rings. The van der Waals surface area contributed by atoms with Crippen molar-refractivity contribution in [3.8, 4) is 0 Å². The van der Waals surface area contributed by atoms with E-state index in [1.807, 2.05) is 38.2 Å². The molecule has 0 aromatic heterocycles. The van der Waals surface area contributed by atoms with Crippen LogP contribution < -0.4 is 0 Å². The number of aliphatic hydroxyl groups is 1. The van der Waals surface area contributed by atoms with Gasteiger partial charge in [-0.05, 0) is 91.2 Å². The van der Waals surface area contributed by atoms with Crippen molar-refractivity contribution in [1.82, 2.24) is 0 Å². The highest BCUT2D eigenvalue weighted by Gasteiger charge is 2.26. The van der Waals surface area contributed by atoms with Crippen molar-refractivity contribution in [2.45, 2.75) is 101 Å². The van der Waals surface area contributed by atoms with Crippen LogP contribution in [0.25, 0.3) is 0 Å². The summed E-state index contributed by atoms with van der Waals surface area (Å²) in [6.07, 6.45) is 38.8. The molecule has 43 heavy (non-hydrogen) atoms. The topological polar surface area (TPSA) is 37.3 Å². The van der Waals surface area contributed by atoms with E-state index in [2.05, 4.69) is 108 Å². The lowest BCUT2D eigenvalue weighted by atomic mass is 9.72. The number of hydrogen-bond donors (Lipinski definition) is 1. The Morgan fingerprint density at radius 3 is 1.58 bits per heavy atom. The van der Waals surface area contributed by atoms with Gasteiger partial charge >= 0.3 is 0 Å². The molecule has 0 bridgehead atoms. The first kappa shape index (κ1) is 37.5. The molecule has 1 N–H and O–H groups in total. The lowest BCUT2D eigenvalue weighted by Crippen LogP contribution is -2.32. The van der Waals surface area contributed by atoms with Gasteiger partial charge in [0, 0.05) is 0 Å². The minimum atomic E-state index is -1.30. The van der Waals surface area contributed by atoms with Crippen LogP contribution in [-0.4, -0.2) is 16.5 Å². The van der Waals surface area contributed by atoms with Gasteiger partial charge in [0.05, 0.1) is 0 Å². The minimum Gasteiger partial charge on any atom is -0.382 e. The highest BCUT2D eigenvalue weighted by atomic mass is 16.3. The molecule has 0 unspecified atom stereocenters. The fraction of sp³-hybridized carbons (Fsp3) is 0.390. The molecule has 0 aliphatic heterocycles. The van der Waals surface area contributed by atoms with E-state index in [4.69, 9.17) is 0 Å². The van der Waals surface area contributed by atoms with Crippen LogP contribution in [0.4, 0.5) is 0 Å². The Hall–Kier alpha value is -3.49. The molecule has 0 amide bonds. The molecule has 232 valence electrons. The SMILES string of the molecule is CC[C@@](C)(O)C(=O)C=CC(C)=CC=CC(C)=CC=CC(C)=CC=CC=C(C)C=CC=C(C)C=CC1=C(C)CCCC1(C)C. The Balaban J connectivity index is 2.62. The van der Waals surface area contributed by atoms with Crippen LogP contribution in [0.2, 0.25) is 0 Å². The van der Waals surface area contributed by atoms with E-state index in [0.717, 1.165) is 16.7 Å². The third-order valence-electron chi connectivity index (χ3n) is 7.76. The van der Waals surface area contributed by atoms with E-state index in [1.165, 1.54) is 47.6 Å². The Labute approximate surface area is 263 Å². The molecule has 0 saturated carbocycles. The smallest absolute Gasteiger partial charge is 0.186 e. The molecule has 1 aliphatic carbocycles. The third-order valence-corrected chi connectivity index (χ3v) is 7.76. The van der Waals surface area contributed by atoms with Gasteiger partial charge in [-0.25, -0.2) is 0 Å². The number of hydrogen-bond acceptors (Lipinski definition) is 2. The molecule has 2 nitrogen and oxygen atoms in total. The van der Waals surface area contributed by atoms with Crippen molar-refractivity contribution in [1.29, 1.82) is 0 Å². The zero-order chi connectivity index (χ0) is 32.5. The Bertz CT molecular complexity index is 1320. The molecule has 0 radical (unpaired) electrons. The average Bonchev–Trinajstić information content (AvgIpc) is 2.93. The normalized spacial score (nSPS) is 19.8. The van der Waals surface area contributed by atoms with Gasteiger partial charge in [-0.2, -0.15) is 0 Å². The number of rotatable bonds is 14. The molecule has 0 heterocycles. The molecule has 0 aromatic rings. The van der Waals surface area contributed by atoms with Gasteiger partial charge < -0.3 is 5.11 Å². The van der Waals surface area contributed by atoms with Crippen molar-refractivity contribution in [2.24, 2.45) is 5.41 Å².